The van der Waals surface area contributed by atoms with Crippen LogP contribution >= 0.6 is 0 Å². The molecule has 0 bridgehead atoms. The van der Waals surface area contributed by atoms with Crippen molar-refractivity contribution in [2.75, 3.05) is 13.2 Å². The fourth-order valence-electron chi connectivity index (χ4n) is 4.16. The predicted molar refractivity (Wildman–Crippen MR) is 133 cm³/mol. The largest absolute Gasteiger partial charge is 0.473 e. The summed E-state index contributed by atoms with van der Waals surface area (Å²) in [5.74, 6) is -3.06. The molecule has 0 saturated carbocycles. The van der Waals surface area contributed by atoms with Gasteiger partial charge in [-0.3, -0.25) is 0 Å². The van der Waals surface area contributed by atoms with E-state index >= 15 is 0 Å². The van der Waals surface area contributed by atoms with Crippen molar-refractivity contribution in [2.45, 2.75) is 12.4 Å². The molecule has 0 atom stereocenters. The van der Waals surface area contributed by atoms with E-state index in [0.29, 0.717) is 20.2 Å². The van der Waals surface area contributed by atoms with E-state index in [-0.39, 0.29) is 47.4 Å². The first-order valence-electron chi connectivity index (χ1n) is 12.1. The van der Waals surface area contributed by atoms with Gasteiger partial charge in [-0.2, -0.15) is 35.4 Å². The summed E-state index contributed by atoms with van der Waals surface area (Å²) in [4.78, 5) is 0. The highest BCUT2D eigenvalue weighted by atomic mass is 19.4. The average Bonchev–Trinajstić information content (AvgIpc) is 3.60. The summed E-state index contributed by atoms with van der Waals surface area (Å²) in [5, 5.41) is 21.6. The molecule has 0 amide bonds. The monoisotopic (exact) mass is 586 g/mol. The second-order valence-electron chi connectivity index (χ2n) is 8.74. The van der Waals surface area contributed by atoms with Crippen molar-refractivity contribution >= 4 is 11.3 Å². The van der Waals surface area contributed by atoms with Crippen molar-refractivity contribution in [3.63, 3.8) is 0 Å². The third-order valence-corrected chi connectivity index (χ3v) is 5.96. The molecule has 0 aliphatic heterocycles. The molecule has 2 aromatic carbocycles. The van der Waals surface area contributed by atoms with Crippen LogP contribution in [0.1, 0.15) is 11.6 Å². The molecule has 10 nitrogen and oxygen atoms in total. The zero-order valence-electron chi connectivity index (χ0n) is 21.0. The number of aromatic nitrogens is 8. The Hall–Kier alpha value is -5.28. The minimum Gasteiger partial charge on any atom is -0.473 e. The van der Waals surface area contributed by atoms with Gasteiger partial charge in [-0.05, 0) is 11.1 Å². The van der Waals surface area contributed by atoms with Gasteiger partial charge in [0.25, 0.3) is 11.6 Å². The summed E-state index contributed by atoms with van der Waals surface area (Å²) in [6, 6.07) is 19.8. The van der Waals surface area contributed by atoms with Crippen LogP contribution in [0.4, 0.5) is 26.3 Å². The van der Waals surface area contributed by atoms with Gasteiger partial charge in [-0.25, -0.2) is 0 Å². The zero-order chi connectivity index (χ0) is 29.5. The van der Waals surface area contributed by atoms with E-state index in [2.05, 4.69) is 30.6 Å². The van der Waals surface area contributed by atoms with Gasteiger partial charge in [-0.15, -0.1) is 30.6 Å². The van der Waals surface area contributed by atoms with Crippen LogP contribution in [0, 0.1) is 0 Å². The predicted octanol–water partition coefficient (Wildman–Crippen LogP) is 5.39. The molecular formula is C26H16F6N8O2. The van der Waals surface area contributed by atoms with Crippen molar-refractivity contribution < 1.29 is 35.8 Å². The van der Waals surface area contributed by atoms with Crippen LogP contribution < -0.4 is 9.47 Å². The second kappa shape index (κ2) is 10.3. The van der Waals surface area contributed by atoms with Crippen LogP contribution in [0.15, 0.2) is 72.8 Å². The topological polar surface area (TPSA) is 105 Å². The van der Waals surface area contributed by atoms with Crippen molar-refractivity contribution in [1.29, 1.82) is 0 Å². The number of ether oxygens (including phenoxy) is 2. The lowest BCUT2D eigenvalue weighted by molar-refractivity contribution is -0.147. The Bertz CT molecular complexity index is 1730. The highest BCUT2D eigenvalue weighted by Crippen LogP contribution is 2.33. The van der Waals surface area contributed by atoms with Crippen LogP contribution in [0.25, 0.3) is 33.5 Å². The Kier molecular flexibility index (Phi) is 6.59. The summed E-state index contributed by atoms with van der Waals surface area (Å²) in [6.45, 7) is -0.490. The minimum absolute atomic E-state index is 0.127. The molecule has 16 heteroatoms. The lowest BCUT2D eigenvalue weighted by atomic mass is 10.1. The number of nitrogens with zero attached hydrogens (tertiary/aromatic N) is 8. The van der Waals surface area contributed by atoms with E-state index < -0.39 is 24.0 Å². The maximum absolute atomic E-state index is 13.5. The van der Waals surface area contributed by atoms with Crippen molar-refractivity contribution in [3.05, 3.63) is 84.4 Å². The number of rotatable bonds is 7. The number of benzene rings is 2. The first kappa shape index (κ1) is 26.9. The van der Waals surface area contributed by atoms with Gasteiger partial charge in [0, 0.05) is 23.3 Å². The SMILES string of the molecule is FC(F)(F)c1nnc2c(-c3ccccc3)cc(OCCOc3cc(-c4ccccc4)c4nnc(C(F)(F)F)n4n3)nn12. The van der Waals surface area contributed by atoms with Crippen molar-refractivity contribution in [2.24, 2.45) is 0 Å². The summed E-state index contributed by atoms with van der Waals surface area (Å²) < 4.78 is 93.5. The Morgan fingerprint density at radius 2 is 0.929 bits per heavy atom. The molecule has 0 radical (unpaired) electrons. The number of hydrogen-bond acceptors (Lipinski definition) is 8. The zero-order valence-corrected chi connectivity index (χ0v) is 21.0. The van der Waals surface area contributed by atoms with Gasteiger partial charge in [0.2, 0.25) is 11.8 Å². The lowest BCUT2D eigenvalue weighted by Gasteiger charge is -2.12. The number of hydrogen-bond donors (Lipinski definition) is 0. The Labute approximate surface area is 231 Å². The summed E-state index contributed by atoms with van der Waals surface area (Å²) in [5.41, 5.74) is 1.42. The molecule has 4 heterocycles. The van der Waals surface area contributed by atoms with Crippen molar-refractivity contribution in [1.82, 2.24) is 39.6 Å². The van der Waals surface area contributed by atoms with E-state index in [1.165, 1.54) is 12.1 Å². The van der Waals surface area contributed by atoms with Gasteiger partial charge in [0.1, 0.15) is 13.2 Å². The van der Waals surface area contributed by atoms with Crippen molar-refractivity contribution in [3.8, 4) is 34.0 Å². The molecule has 6 rings (SSSR count). The minimum atomic E-state index is -4.83. The maximum Gasteiger partial charge on any atom is 0.453 e. The molecule has 42 heavy (non-hydrogen) atoms. The second-order valence-corrected chi connectivity index (χ2v) is 8.74. The molecule has 0 aliphatic carbocycles. The number of alkyl halides is 6. The van der Waals surface area contributed by atoms with E-state index in [1.807, 2.05) is 0 Å². The molecule has 0 N–H and O–H groups in total. The van der Waals surface area contributed by atoms with Gasteiger partial charge in [0.15, 0.2) is 11.3 Å². The average molecular weight is 586 g/mol. The van der Waals surface area contributed by atoms with Crippen LogP contribution in [0.3, 0.4) is 0 Å². The van der Waals surface area contributed by atoms with E-state index in [0.717, 1.165) is 0 Å². The van der Waals surface area contributed by atoms with E-state index in [9.17, 15) is 26.3 Å². The maximum atomic E-state index is 13.5. The summed E-state index contributed by atoms with van der Waals surface area (Å²) in [6.07, 6.45) is -9.67. The fraction of sp³-hybridized carbons (Fsp3) is 0.154. The lowest BCUT2D eigenvalue weighted by Crippen LogP contribution is -2.16. The summed E-state index contributed by atoms with van der Waals surface area (Å²) >= 11 is 0. The van der Waals surface area contributed by atoms with Gasteiger partial charge < -0.3 is 9.47 Å². The molecule has 0 spiro atoms. The molecule has 4 aromatic heterocycles. The fourth-order valence-corrected chi connectivity index (χ4v) is 4.16. The first-order chi connectivity index (χ1) is 20.1. The Morgan fingerprint density at radius 1 is 0.548 bits per heavy atom. The van der Waals surface area contributed by atoms with Gasteiger partial charge >= 0.3 is 12.4 Å². The molecular weight excluding hydrogens is 570 g/mol. The highest BCUT2D eigenvalue weighted by molar-refractivity contribution is 5.78. The number of halogens is 6. The first-order valence-corrected chi connectivity index (χ1v) is 12.1. The molecule has 0 unspecified atom stereocenters. The normalized spacial score (nSPS) is 12.2. The molecule has 6 aromatic rings. The van der Waals surface area contributed by atoms with Gasteiger partial charge in [-0.1, -0.05) is 60.7 Å². The third-order valence-electron chi connectivity index (χ3n) is 5.96. The Balaban J connectivity index is 1.28. The van der Waals surface area contributed by atoms with E-state index in [4.69, 9.17) is 9.47 Å². The quantitative estimate of drug-likeness (QED) is 0.181. The molecule has 0 aliphatic rings. The third kappa shape index (κ3) is 5.13. The highest BCUT2D eigenvalue weighted by Gasteiger charge is 2.39. The van der Waals surface area contributed by atoms with Crippen LogP contribution in [-0.2, 0) is 12.4 Å². The van der Waals surface area contributed by atoms with Crippen LogP contribution in [0.5, 0.6) is 11.8 Å². The molecule has 214 valence electrons. The smallest absolute Gasteiger partial charge is 0.453 e. The van der Waals surface area contributed by atoms with Gasteiger partial charge in [0.05, 0.1) is 0 Å². The standard InChI is InChI=1S/C26H16F6N8O2/c27-25(28,29)23-35-33-21-17(15-7-3-1-4-8-15)13-19(37-39(21)23)41-11-12-42-20-14-18(16-9-5-2-6-10-16)22-34-36-24(26(30,31)32)40(22)38-20/h1-10,13-14H,11-12H2. The Morgan fingerprint density at radius 3 is 1.29 bits per heavy atom. The molecule has 0 fully saturated rings. The van der Waals surface area contributed by atoms with Crippen LogP contribution in [-0.4, -0.2) is 52.8 Å². The molecule has 0 saturated heterocycles. The van der Waals surface area contributed by atoms with Crippen LogP contribution in [0.2, 0.25) is 0 Å². The number of fused-ring (bicyclic) bond motifs is 2. The van der Waals surface area contributed by atoms with E-state index in [1.54, 1.807) is 60.7 Å². The summed E-state index contributed by atoms with van der Waals surface area (Å²) in [7, 11) is 0.